The lowest BCUT2D eigenvalue weighted by molar-refractivity contribution is -0.119. The average molecular weight is 281 g/mol. The number of hydrogen-bond acceptors (Lipinski definition) is 1. The van der Waals surface area contributed by atoms with Gasteiger partial charge < -0.3 is 5.32 Å². The maximum Gasteiger partial charge on any atom is 0.227 e. The molecule has 0 saturated heterocycles. The number of nitrogens with one attached hydrogen (secondary N) is 1. The summed E-state index contributed by atoms with van der Waals surface area (Å²) >= 11 is 0. The predicted molar refractivity (Wildman–Crippen MR) is 88.3 cm³/mol. The van der Waals surface area contributed by atoms with Crippen molar-refractivity contribution >= 4 is 11.6 Å². The van der Waals surface area contributed by atoms with Crippen LogP contribution in [0.1, 0.15) is 38.2 Å². The van der Waals surface area contributed by atoms with E-state index in [1.165, 1.54) is 5.56 Å². The summed E-state index contributed by atoms with van der Waals surface area (Å²) in [6.45, 7) is 4.22. The number of anilines is 1. The van der Waals surface area contributed by atoms with Crippen LogP contribution in [0.2, 0.25) is 0 Å². The highest BCUT2D eigenvalue weighted by Crippen LogP contribution is 2.23. The molecule has 110 valence electrons. The summed E-state index contributed by atoms with van der Waals surface area (Å²) in [6, 6.07) is 20.1. The van der Waals surface area contributed by atoms with Gasteiger partial charge in [-0.3, -0.25) is 4.79 Å². The Bertz CT molecular complexity index is 550. The van der Waals surface area contributed by atoms with Gasteiger partial charge in [0.1, 0.15) is 0 Å². The Kier molecular flexibility index (Phi) is 5.56. The molecular formula is C19H23NO. The van der Waals surface area contributed by atoms with Crippen LogP contribution in [0.4, 0.5) is 5.69 Å². The third-order valence-corrected chi connectivity index (χ3v) is 3.89. The Balaban J connectivity index is 1.81. The summed E-state index contributed by atoms with van der Waals surface area (Å²) in [6.07, 6.45) is 1.92. The molecule has 0 aromatic heterocycles. The Labute approximate surface area is 127 Å². The monoisotopic (exact) mass is 281 g/mol. The van der Waals surface area contributed by atoms with Gasteiger partial charge in [-0.15, -0.1) is 0 Å². The van der Waals surface area contributed by atoms with Crippen LogP contribution < -0.4 is 5.32 Å². The van der Waals surface area contributed by atoms with Crippen molar-refractivity contribution in [2.75, 3.05) is 5.32 Å². The van der Waals surface area contributed by atoms with Gasteiger partial charge in [0.25, 0.3) is 0 Å². The molecule has 0 aliphatic heterocycles. The highest BCUT2D eigenvalue weighted by atomic mass is 16.1. The van der Waals surface area contributed by atoms with Crippen LogP contribution in [0, 0.1) is 5.92 Å². The first-order valence-corrected chi connectivity index (χ1v) is 7.57. The number of amides is 1. The zero-order valence-electron chi connectivity index (χ0n) is 12.8. The van der Waals surface area contributed by atoms with Crippen molar-refractivity contribution in [2.24, 2.45) is 5.92 Å². The van der Waals surface area contributed by atoms with Gasteiger partial charge in [0, 0.05) is 11.6 Å². The predicted octanol–water partition coefficient (Wildman–Crippen LogP) is 4.85. The number of para-hydroxylation sites is 1. The summed E-state index contributed by atoms with van der Waals surface area (Å²) in [7, 11) is 0. The zero-order valence-corrected chi connectivity index (χ0v) is 12.8. The standard InChI is InChI=1S/C19H23NO/c1-15(17-9-5-3-6-10-17)13-14-16(2)19(21)20-18-11-7-4-8-12-18/h3-12,15-16H,13-14H2,1-2H3,(H,20,21)/t15-,16-/m0/s1. The first kappa shape index (κ1) is 15.3. The molecular weight excluding hydrogens is 258 g/mol. The molecule has 0 bridgehead atoms. The van der Waals surface area contributed by atoms with E-state index in [9.17, 15) is 4.79 Å². The molecule has 2 nitrogen and oxygen atoms in total. The number of benzene rings is 2. The van der Waals surface area contributed by atoms with E-state index in [2.05, 4.69) is 36.5 Å². The Hall–Kier alpha value is -2.09. The highest BCUT2D eigenvalue weighted by Gasteiger charge is 2.15. The fourth-order valence-electron chi connectivity index (χ4n) is 2.37. The number of carbonyl (C=O) groups is 1. The van der Waals surface area contributed by atoms with Gasteiger partial charge in [-0.05, 0) is 36.5 Å². The third kappa shape index (κ3) is 4.75. The van der Waals surface area contributed by atoms with E-state index < -0.39 is 0 Å². The largest absolute Gasteiger partial charge is 0.326 e. The van der Waals surface area contributed by atoms with Crippen LogP contribution in [0.3, 0.4) is 0 Å². The molecule has 2 rings (SSSR count). The Morgan fingerprint density at radius 3 is 2.10 bits per heavy atom. The van der Waals surface area contributed by atoms with Crippen molar-refractivity contribution in [3.8, 4) is 0 Å². The fraction of sp³-hybridized carbons (Fsp3) is 0.316. The van der Waals surface area contributed by atoms with Crippen molar-refractivity contribution in [1.82, 2.24) is 0 Å². The third-order valence-electron chi connectivity index (χ3n) is 3.89. The lowest BCUT2D eigenvalue weighted by atomic mass is 9.92. The van der Waals surface area contributed by atoms with Gasteiger partial charge in [-0.2, -0.15) is 0 Å². The molecule has 0 radical (unpaired) electrons. The molecule has 21 heavy (non-hydrogen) atoms. The van der Waals surface area contributed by atoms with Gasteiger partial charge in [-0.1, -0.05) is 62.4 Å². The second-order valence-electron chi connectivity index (χ2n) is 5.65. The minimum absolute atomic E-state index is 0.0244. The van der Waals surface area contributed by atoms with Crippen molar-refractivity contribution in [3.05, 3.63) is 66.2 Å². The summed E-state index contributed by atoms with van der Waals surface area (Å²) < 4.78 is 0. The highest BCUT2D eigenvalue weighted by molar-refractivity contribution is 5.92. The molecule has 0 fully saturated rings. The minimum Gasteiger partial charge on any atom is -0.326 e. The van der Waals surface area contributed by atoms with Crippen molar-refractivity contribution in [3.63, 3.8) is 0 Å². The second-order valence-corrected chi connectivity index (χ2v) is 5.65. The molecule has 1 amide bonds. The van der Waals surface area contributed by atoms with E-state index in [-0.39, 0.29) is 11.8 Å². The summed E-state index contributed by atoms with van der Waals surface area (Å²) in [5.74, 6) is 0.607. The number of hydrogen-bond donors (Lipinski definition) is 1. The van der Waals surface area contributed by atoms with Crippen LogP contribution in [-0.4, -0.2) is 5.91 Å². The SMILES string of the molecule is C[C@@H](CC[C@H](C)c1ccccc1)C(=O)Nc1ccccc1. The molecule has 0 unspecified atom stereocenters. The lowest BCUT2D eigenvalue weighted by Gasteiger charge is -2.16. The van der Waals surface area contributed by atoms with E-state index >= 15 is 0 Å². The maximum atomic E-state index is 12.2. The number of carbonyl (C=O) groups excluding carboxylic acids is 1. The minimum atomic E-state index is 0.0244. The molecule has 0 aliphatic carbocycles. The van der Waals surface area contributed by atoms with E-state index in [4.69, 9.17) is 0 Å². The summed E-state index contributed by atoms with van der Waals surface area (Å²) in [5, 5.41) is 2.97. The first-order valence-electron chi connectivity index (χ1n) is 7.57. The van der Waals surface area contributed by atoms with E-state index in [1.54, 1.807) is 0 Å². The van der Waals surface area contributed by atoms with Gasteiger partial charge in [0.2, 0.25) is 5.91 Å². The molecule has 2 heteroatoms. The first-order chi connectivity index (χ1) is 10.2. The second kappa shape index (κ2) is 7.63. The van der Waals surface area contributed by atoms with Crippen LogP contribution >= 0.6 is 0 Å². The molecule has 1 N–H and O–H groups in total. The van der Waals surface area contributed by atoms with Crippen molar-refractivity contribution < 1.29 is 4.79 Å². The van der Waals surface area contributed by atoms with E-state index in [1.807, 2.05) is 43.3 Å². The van der Waals surface area contributed by atoms with Crippen LogP contribution in [0.15, 0.2) is 60.7 Å². The topological polar surface area (TPSA) is 29.1 Å². The van der Waals surface area contributed by atoms with E-state index in [0.717, 1.165) is 18.5 Å². The molecule has 2 aromatic rings. The quantitative estimate of drug-likeness (QED) is 0.806. The number of rotatable bonds is 6. The lowest BCUT2D eigenvalue weighted by Crippen LogP contribution is -2.20. The fourth-order valence-corrected chi connectivity index (χ4v) is 2.37. The molecule has 0 heterocycles. The van der Waals surface area contributed by atoms with Gasteiger partial charge in [-0.25, -0.2) is 0 Å². The normalized spacial score (nSPS) is 13.4. The molecule has 2 aromatic carbocycles. The van der Waals surface area contributed by atoms with Gasteiger partial charge in [0.15, 0.2) is 0 Å². The van der Waals surface area contributed by atoms with Gasteiger partial charge >= 0.3 is 0 Å². The van der Waals surface area contributed by atoms with E-state index in [0.29, 0.717) is 5.92 Å². The van der Waals surface area contributed by atoms with Crippen LogP contribution in [0.5, 0.6) is 0 Å². The van der Waals surface area contributed by atoms with Crippen molar-refractivity contribution in [2.45, 2.75) is 32.6 Å². The van der Waals surface area contributed by atoms with Crippen LogP contribution in [0.25, 0.3) is 0 Å². The summed E-state index contributed by atoms with van der Waals surface area (Å²) in [4.78, 5) is 12.2. The smallest absolute Gasteiger partial charge is 0.227 e. The Morgan fingerprint density at radius 1 is 0.905 bits per heavy atom. The molecule has 0 saturated carbocycles. The zero-order chi connectivity index (χ0) is 15.1. The van der Waals surface area contributed by atoms with Crippen LogP contribution in [-0.2, 0) is 4.79 Å². The average Bonchev–Trinajstić information content (AvgIpc) is 2.54. The molecule has 0 spiro atoms. The van der Waals surface area contributed by atoms with Gasteiger partial charge in [0.05, 0.1) is 0 Å². The maximum absolute atomic E-state index is 12.2. The Morgan fingerprint density at radius 2 is 1.48 bits per heavy atom. The van der Waals surface area contributed by atoms with Crippen molar-refractivity contribution in [1.29, 1.82) is 0 Å². The summed E-state index contributed by atoms with van der Waals surface area (Å²) in [5.41, 5.74) is 2.21. The molecule has 2 atom stereocenters. The molecule has 0 aliphatic rings.